The zero-order valence-electron chi connectivity index (χ0n) is 11.7. The Bertz CT molecular complexity index is 398. The predicted octanol–water partition coefficient (Wildman–Crippen LogP) is 2.21. The summed E-state index contributed by atoms with van der Waals surface area (Å²) in [5.74, 6) is 0.744. The lowest BCUT2D eigenvalue weighted by Gasteiger charge is -2.24. The van der Waals surface area contributed by atoms with Gasteiger partial charge in [-0.05, 0) is 30.7 Å². The van der Waals surface area contributed by atoms with E-state index in [4.69, 9.17) is 5.73 Å². The van der Waals surface area contributed by atoms with Crippen molar-refractivity contribution in [1.82, 2.24) is 4.90 Å². The maximum Gasteiger partial charge on any atom is 0.239 e. The standard InChI is InChI=1S/C16H24N2O/c1-18(12-14-9-5-6-10-14)16(19)15(17)11-13-7-3-2-4-8-13/h2-4,7-8,14-15H,5-6,9-12,17H2,1H3/t15-/m1/s1. The molecule has 1 atom stereocenters. The van der Waals surface area contributed by atoms with Crippen LogP contribution in [-0.2, 0) is 11.2 Å². The molecule has 2 N–H and O–H groups in total. The number of rotatable bonds is 5. The lowest BCUT2D eigenvalue weighted by atomic mass is 10.0. The SMILES string of the molecule is CN(CC1CCCC1)C(=O)[C@H](N)Cc1ccccc1. The molecule has 0 unspecified atom stereocenters. The van der Waals surface area contributed by atoms with Gasteiger partial charge in [0.2, 0.25) is 5.91 Å². The van der Waals surface area contributed by atoms with Crippen LogP contribution >= 0.6 is 0 Å². The van der Waals surface area contributed by atoms with Gasteiger partial charge < -0.3 is 10.6 Å². The molecular formula is C16H24N2O. The van der Waals surface area contributed by atoms with Crippen molar-refractivity contribution in [2.75, 3.05) is 13.6 Å². The fraction of sp³-hybridized carbons (Fsp3) is 0.562. The number of carbonyl (C=O) groups is 1. The van der Waals surface area contributed by atoms with Gasteiger partial charge in [0.1, 0.15) is 0 Å². The molecule has 0 heterocycles. The van der Waals surface area contributed by atoms with E-state index in [2.05, 4.69) is 0 Å². The second-order valence-electron chi connectivity index (χ2n) is 5.67. The van der Waals surface area contributed by atoms with Crippen molar-refractivity contribution in [3.05, 3.63) is 35.9 Å². The first-order chi connectivity index (χ1) is 9.16. The van der Waals surface area contributed by atoms with Crippen LogP contribution < -0.4 is 5.73 Å². The van der Waals surface area contributed by atoms with Crippen LogP contribution in [0.2, 0.25) is 0 Å². The minimum Gasteiger partial charge on any atom is -0.344 e. The molecule has 3 nitrogen and oxygen atoms in total. The van der Waals surface area contributed by atoms with E-state index >= 15 is 0 Å². The molecule has 0 spiro atoms. The molecule has 1 amide bonds. The second-order valence-corrected chi connectivity index (χ2v) is 5.67. The monoisotopic (exact) mass is 260 g/mol. The van der Waals surface area contributed by atoms with E-state index in [0.717, 1.165) is 12.1 Å². The highest BCUT2D eigenvalue weighted by Crippen LogP contribution is 2.25. The topological polar surface area (TPSA) is 46.3 Å². The first-order valence-electron chi connectivity index (χ1n) is 7.21. The highest BCUT2D eigenvalue weighted by molar-refractivity contribution is 5.81. The number of hydrogen-bond donors (Lipinski definition) is 1. The largest absolute Gasteiger partial charge is 0.344 e. The summed E-state index contributed by atoms with van der Waals surface area (Å²) in [7, 11) is 1.88. The van der Waals surface area contributed by atoms with Crippen LogP contribution in [-0.4, -0.2) is 30.4 Å². The summed E-state index contributed by atoms with van der Waals surface area (Å²) in [4.78, 5) is 14.1. The quantitative estimate of drug-likeness (QED) is 0.882. The normalized spacial score (nSPS) is 17.4. The van der Waals surface area contributed by atoms with Gasteiger partial charge in [-0.3, -0.25) is 4.79 Å². The average Bonchev–Trinajstić information content (AvgIpc) is 2.91. The number of nitrogens with zero attached hydrogens (tertiary/aromatic N) is 1. The van der Waals surface area contributed by atoms with E-state index in [1.54, 1.807) is 0 Å². The summed E-state index contributed by atoms with van der Waals surface area (Å²) >= 11 is 0. The summed E-state index contributed by atoms with van der Waals surface area (Å²) in [6.45, 7) is 0.862. The molecule has 0 radical (unpaired) electrons. The molecule has 0 aliphatic heterocycles. The summed E-state index contributed by atoms with van der Waals surface area (Å²) in [6.07, 6.45) is 5.75. The highest BCUT2D eigenvalue weighted by atomic mass is 16.2. The molecule has 0 saturated heterocycles. The summed E-state index contributed by atoms with van der Waals surface area (Å²) in [5.41, 5.74) is 7.16. The molecule has 2 rings (SSSR count). The molecule has 1 aliphatic rings. The first-order valence-corrected chi connectivity index (χ1v) is 7.21. The second kappa shape index (κ2) is 6.71. The lowest BCUT2D eigenvalue weighted by molar-refractivity contribution is -0.131. The van der Waals surface area contributed by atoms with Crippen molar-refractivity contribution in [2.24, 2.45) is 11.7 Å². The minimum absolute atomic E-state index is 0.0655. The van der Waals surface area contributed by atoms with Gasteiger partial charge in [0.15, 0.2) is 0 Å². The molecule has 0 bridgehead atoms. The Morgan fingerprint density at radius 1 is 1.32 bits per heavy atom. The number of benzene rings is 1. The van der Waals surface area contributed by atoms with Crippen LogP contribution in [0.1, 0.15) is 31.2 Å². The van der Waals surface area contributed by atoms with Gasteiger partial charge in [-0.15, -0.1) is 0 Å². The van der Waals surface area contributed by atoms with Crippen molar-refractivity contribution in [2.45, 2.75) is 38.1 Å². The van der Waals surface area contributed by atoms with Crippen LogP contribution in [0.3, 0.4) is 0 Å². The number of likely N-dealkylation sites (N-methyl/N-ethyl adjacent to an activating group) is 1. The van der Waals surface area contributed by atoms with Crippen molar-refractivity contribution in [3.63, 3.8) is 0 Å². The summed E-state index contributed by atoms with van der Waals surface area (Å²) in [6, 6.07) is 9.55. The van der Waals surface area contributed by atoms with Crippen LogP contribution in [0.25, 0.3) is 0 Å². The summed E-state index contributed by atoms with van der Waals surface area (Å²) < 4.78 is 0. The Balaban J connectivity index is 1.84. The Kier molecular flexibility index (Phi) is 4.97. The van der Waals surface area contributed by atoms with Gasteiger partial charge in [0.05, 0.1) is 6.04 Å². The maximum absolute atomic E-state index is 12.2. The molecule has 1 aromatic rings. The fourth-order valence-corrected chi connectivity index (χ4v) is 2.91. The molecule has 1 fully saturated rings. The number of carbonyl (C=O) groups excluding carboxylic acids is 1. The third-order valence-corrected chi connectivity index (χ3v) is 4.00. The predicted molar refractivity (Wildman–Crippen MR) is 77.7 cm³/mol. The van der Waals surface area contributed by atoms with Crippen LogP contribution in [0, 0.1) is 5.92 Å². The van der Waals surface area contributed by atoms with Gasteiger partial charge in [0.25, 0.3) is 0 Å². The van der Waals surface area contributed by atoms with Crippen LogP contribution in [0.15, 0.2) is 30.3 Å². The Labute approximate surface area is 115 Å². The Hall–Kier alpha value is -1.35. The van der Waals surface area contributed by atoms with Crippen molar-refractivity contribution in [1.29, 1.82) is 0 Å². The molecule has 1 saturated carbocycles. The number of hydrogen-bond acceptors (Lipinski definition) is 2. The van der Waals surface area contributed by atoms with E-state index in [0.29, 0.717) is 12.3 Å². The Morgan fingerprint density at radius 3 is 2.58 bits per heavy atom. The van der Waals surface area contributed by atoms with Crippen molar-refractivity contribution < 1.29 is 4.79 Å². The maximum atomic E-state index is 12.2. The van der Waals surface area contributed by atoms with Gasteiger partial charge in [-0.2, -0.15) is 0 Å². The van der Waals surface area contributed by atoms with Crippen molar-refractivity contribution in [3.8, 4) is 0 Å². The molecule has 1 aromatic carbocycles. The first kappa shape index (κ1) is 14.1. The van der Waals surface area contributed by atoms with Gasteiger partial charge >= 0.3 is 0 Å². The molecular weight excluding hydrogens is 236 g/mol. The zero-order valence-corrected chi connectivity index (χ0v) is 11.7. The van der Waals surface area contributed by atoms with E-state index < -0.39 is 6.04 Å². The van der Waals surface area contributed by atoms with Crippen LogP contribution in [0.5, 0.6) is 0 Å². The lowest BCUT2D eigenvalue weighted by Crippen LogP contribution is -2.44. The molecule has 19 heavy (non-hydrogen) atoms. The minimum atomic E-state index is -0.422. The van der Waals surface area contributed by atoms with Crippen LogP contribution in [0.4, 0.5) is 0 Å². The average molecular weight is 260 g/mol. The molecule has 0 aromatic heterocycles. The molecule has 3 heteroatoms. The van der Waals surface area contributed by atoms with E-state index in [1.807, 2.05) is 42.3 Å². The van der Waals surface area contributed by atoms with E-state index in [1.165, 1.54) is 25.7 Å². The fourth-order valence-electron chi connectivity index (χ4n) is 2.91. The summed E-state index contributed by atoms with van der Waals surface area (Å²) in [5, 5.41) is 0. The number of amides is 1. The smallest absolute Gasteiger partial charge is 0.239 e. The molecule has 104 valence electrons. The Morgan fingerprint density at radius 2 is 1.95 bits per heavy atom. The third kappa shape index (κ3) is 4.06. The van der Waals surface area contributed by atoms with Gasteiger partial charge in [-0.1, -0.05) is 43.2 Å². The highest BCUT2D eigenvalue weighted by Gasteiger charge is 2.23. The van der Waals surface area contributed by atoms with Gasteiger partial charge in [0, 0.05) is 13.6 Å². The van der Waals surface area contributed by atoms with Crippen molar-refractivity contribution >= 4 is 5.91 Å². The van der Waals surface area contributed by atoms with Gasteiger partial charge in [-0.25, -0.2) is 0 Å². The molecule has 1 aliphatic carbocycles. The van der Waals surface area contributed by atoms with E-state index in [9.17, 15) is 4.79 Å². The third-order valence-electron chi connectivity index (χ3n) is 4.00. The van der Waals surface area contributed by atoms with E-state index in [-0.39, 0.29) is 5.91 Å². The zero-order chi connectivity index (χ0) is 13.7. The number of nitrogens with two attached hydrogens (primary N) is 1.